The van der Waals surface area contributed by atoms with Gasteiger partial charge in [-0.2, -0.15) is 0 Å². The summed E-state index contributed by atoms with van der Waals surface area (Å²) in [4.78, 5) is 7.13. The zero-order valence-corrected chi connectivity index (χ0v) is 11.3. The lowest BCUT2D eigenvalue weighted by Crippen LogP contribution is -2.38. The van der Waals surface area contributed by atoms with Crippen molar-refractivity contribution in [1.29, 1.82) is 0 Å². The maximum atomic E-state index is 4.45. The first-order valence-corrected chi connectivity index (χ1v) is 7.39. The van der Waals surface area contributed by atoms with Crippen LogP contribution in [-0.4, -0.2) is 40.1 Å². The van der Waals surface area contributed by atoms with Gasteiger partial charge < -0.3 is 14.8 Å². The fraction of sp³-hybridized carbons (Fsp3) is 0.786. The molecule has 3 rings (SSSR count). The first kappa shape index (κ1) is 12.0. The second-order valence-electron chi connectivity index (χ2n) is 5.60. The third kappa shape index (κ3) is 2.26. The lowest BCUT2D eigenvalue weighted by molar-refractivity contribution is 0.156. The van der Waals surface area contributed by atoms with Gasteiger partial charge in [-0.15, -0.1) is 0 Å². The Morgan fingerprint density at radius 3 is 3.17 bits per heavy atom. The predicted octanol–water partition coefficient (Wildman–Crippen LogP) is 2.50. The number of imidazole rings is 1. The first-order chi connectivity index (χ1) is 8.88. The molecule has 0 radical (unpaired) electrons. The summed E-state index contributed by atoms with van der Waals surface area (Å²) in [6.45, 7) is 5.79. The Labute approximate surface area is 109 Å². The van der Waals surface area contributed by atoms with Crippen LogP contribution in [0, 0.1) is 0 Å². The zero-order valence-electron chi connectivity index (χ0n) is 11.3. The average molecular weight is 248 g/mol. The Balaban J connectivity index is 1.69. The molecule has 2 aliphatic rings. The summed E-state index contributed by atoms with van der Waals surface area (Å²) in [7, 11) is 0. The van der Waals surface area contributed by atoms with E-state index in [0.717, 1.165) is 25.0 Å². The maximum Gasteiger partial charge on any atom is 0.203 e. The molecule has 0 bridgehead atoms. The highest BCUT2D eigenvalue weighted by Gasteiger charge is 2.32. The summed E-state index contributed by atoms with van der Waals surface area (Å²) in [6.07, 6.45) is 10.6. The second kappa shape index (κ2) is 5.31. The van der Waals surface area contributed by atoms with Crippen LogP contribution < -0.4 is 5.32 Å². The minimum absolute atomic E-state index is 0.645. The van der Waals surface area contributed by atoms with Crippen molar-refractivity contribution in [1.82, 2.24) is 14.5 Å². The number of hydrogen-bond acceptors (Lipinski definition) is 3. The number of piperidine rings is 1. The van der Waals surface area contributed by atoms with Crippen LogP contribution in [0.1, 0.15) is 45.1 Å². The minimum atomic E-state index is 0.645. The number of fused-ring (bicyclic) bond motifs is 1. The normalized spacial score (nSPS) is 28.3. The monoisotopic (exact) mass is 248 g/mol. The largest absolute Gasteiger partial charge is 0.356 e. The number of nitrogens with zero attached hydrogens (tertiary/aromatic N) is 3. The van der Waals surface area contributed by atoms with Gasteiger partial charge in [0.15, 0.2) is 0 Å². The van der Waals surface area contributed by atoms with Crippen LogP contribution in [0.4, 0.5) is 5.95 Å². The lowest BCUT2D eigenvalue weighted by Gasteiger charge is -2.35. The highest BCUT2D eigenvalue weighted by atomic mass is 15.2. The molecular formula is C14H24N4. The predicted molar refractivity (Wildman–Crippen MR) is 73.9 cm³/mol. The third-order valence-electron chi connectivity index (χ3n) is 4.39. The van der Waals surface area contributed by atoms with Gasteiger partial charge in [-0.3, -0.25) is 0 Å². The van der Waals surface area contributed by atoms with E-state index in [-0.39, 0.29) is 0 Å². The van der Waals surface area contributed by atoms with Crippen LogP contribution in [0.25, 0.3) is 0 Å². The molecule has 2 aliphatic heterocycles. The quantitative estimate of drug-likeness (QED) is 0.888. The molecule has 0 aromatic carbocycles. The van der Waals surface area contributed by atoms with Crippen molar-refractivity contribution < 1.29 is 0 Å². The van der Waals surface area contributed by atoms with E-state index in [1.165, 1.54) is 38.8 Å². The Hall–Kier alpha value is -1.03. The molecule has 2 saturated heterocycles. The fourth-order valence-corrected chi connectivity index (χ4v) is 3.44. The minimum Gasteiger partial charge on any atom is -0.356 e. The molecule has 0 spiro atoms. The van der Waals surface area contributed by atoms with E-state index < -0.39 is 0 Å². The van der Waals surface area contributed by atoms with Gasteiger partial charge in [0, 0.05) is 37.6 Å². The molecule has 1 aromatic heterocycles. The van der Waals surface area contributed by atoms with Crippen molar-refractivity contribution in [2.45, 2.75) is 51.1 Å². The molecule has 2 atom stereocenters. The Morgan fingerprint density at radius 2 is 2.28 bits per heavy atom. The summed E-state index contributed by atoms with van der Waals surface area (Å²) < 4.78 is 2.37. The number of aromatic nitrogens is 2. The lowest BCUT2D eigenvalue weighted by atomic mass is 9.97. The summed E-state index contributed by atoms with van der Waals surface area (Å²) in [5.41, 5.74) is 0. The Bertz CT molecular complexity index is 387. The molecule has 2 fully saturated rings. The standard InChI is InChI=1S/C14H24N4/c1-2-6-15-14-16-7-10-18(14)13-5-9-17-8-3-4-12(17)11-13/h7,10,12-13H,2-6,8-9,11H2,1H3,(H,15,16). The highest BCUT2D eigenvalue weighted by molar-refractivity contribution is 5.26. The van der Waals surface area contributed by atoms with Crippen LogP contribution in [0.15, 0.2) is 12.4 Å². The third-order valence-corrected chi connectivity index (χ3v) is 4.39. The van der Waals surface area contributed by atoms with Gasteiger partial charge in [0.1, 0.15) is 0 Å². The molecule has 2 unspecified atom stereocenters. The van der Waals surface area contributed by atoms with E-state index in [9.17, 15) is 0 Å². The molecule has 0 aliphatic carbocycles. The van der Waals surface area contributed by atoms with Gasteiger partial charge in [-0.25, -0.2) is 4.98 Å². The zero-order chi connectivity index (χ0) is 12.4. The van der Waals surface area contributed by atoms with E-state index in [1.807, 2.05) is 6.20 Å². The average Bonchev–Trinajstić information content (AvgIpc) is 3.03. The van der Waals surface area contributed by atoms with Crippen molar-refractivity contribution >= 4 is 5.95 Å². The number of hydrogen-bond donors (Lipinski definition) is 1. The Kier molecular flexibility index (Phi) is 3.55. The van der Waals surface area contributed by atoms with E-state index in [2.05, 4.69) is 32.9 Å². The number of nitrogens with one attached hydrogen (secondary N) is 1. The summed E-state index contributed by atoms with van der Waals surface area (Å²) in [5, 5.41) is 3.44. The number of anilines is 1. The van der Waals surface area contributed by atoms with E-state index in [1.54, 1.807) is 0 Å². The van der Waals surface area contributed by atoms with Gasteiger partial charge in [-0.05, 0) is 38.6 Å². The summed E-state index contributed by atoms with van der Waals surface area (Å²) >= 11 is 0. The van der Waals surface area contributed by atoms with Crippen LogP contribution in [0.2, 0.25) is 0 Å². The van der Waals surface area contributed by atoms with E-state index >= 15 is 0 Å². The molecule has 1 aromatic rings. The molecular weight excluding hydrogens is 224 g/mol. The molecule has 4 nitrogen and oxygen atoms in total. The van der Waals surface area contributed by atoms with E-state index in [0.29, 0.717) is 6.04 Å². The summed E-state index contributed by atoms with van der Waals surface area (Å²) in [5.74, 6) is 1.06. The van der Waals surface area contributed by atoms with Crippen molar-refractivity contribution in [3.8, 4) is 0 Å². The molecule has 3 heterocycles. The van der Waals surface area contributed by atoms with Gasteiger partial charge in [0.05, 0.1) is 0 Å². The second-order valence-corrected chi connectivity index (χ2v) is 5.60. The van der Waals surface area contributed by atoms with Crippen molar-refractivity contribution in [2.24, 2.45) is 0 Å². The summed E-state index contributed by atoms with van der Waals surface area (Å²) in [6, 6.07) is 1.47. The fourth-order valence-electron chi connectivity index (χ4n) is 3.44. The maximum absolute atomic E-state index is 4.45. The molecule has 0 saturated carbocycles. The van der Waals surface area contributed by atoms with Gasteiger partial charge in [0.25, 0.3) is 0 Å². The van der Waals surface area contributed by atoms with Gasteiger partial charge >= 0.3 is 0 Å². The van der Waals surface area contributed by atoms with E-state index in [4.69, 9.17) is 0 Å². The van der Waals surface area contributed by atoms with Crippen molar-refractivity contribution in [2.75, 3.05) is 25.0 Å². The van der Waals surface area contributed by atoms with Crippen LogP contribution in [0.5, 0.6) is 0 Å². The molecule has 100 valence electrons. The molecule has 18 heavy (non-hydrogen) atoms. The smallest absolute Gasteiger partial charge is 0.203 e. The Morgan fingerprint density at radius 1 is 1.33 bits per heavy atom. The van der Waals surface area contributed by atoms with Crippen molar-refractivity contribution in [3.05, 3.63) is 12.4 Å². The SMILES string of the molecule is CCCNc1nccn1C1CCN2CCCC2C1. The molecule has 4 heteroatoms. The topological polar surface area (TPSA) is 33.1 Å². The molecule has 1 N–H and O–H groups in total. The first-order valence-electron chi connectivity index (χ1n) is 7.39. The van der Waals surface area contributed by atoms with Crippen molar-refractivity contribution in [3.63, 3.8) is 0 Å². The highest BCUT2D eigenvalue weighted by Crippen LogP contribution is 2.34. The van der Waals surface area contributed by atoms with Gasteiger partial charge in [0.2, 0.25) is 5.95 Å². The number of rotatable bonds is 4. The van der Waals surface area contributed by atoms with Crippen LogP contribution in [-0.2, 0) is 0 Å². The van der Waals surface area contributed by atoms with Gasteiger partial charge in [-0.1, -0.05) is 6.92 Å². The molecule has 0 amide bonds. The van der Waals surface area contributed by atoms with Crippen LogP contribution >= 0.6 is 0 Å². The van der Waals surface area contributed by atoms with Crippen LogP contribution in [0.3, 0.4) is 0 Å².